The third-order valence-electron chi connectivity index (χ3n) is 2.20. The van der Waals surface area contributed by atoms with Crippen LogP contribution in [0.4, 0.5) is 0 Å². The van der Waals surface area contributed by atoms with E-state index in [4.69, 9.17) is 0 Å². The molecule has 0 atom stereocenters. The van der Waals surface area contributed by atoms with E-state index in [2.05, 4.69) is 13.8 Å². The van der Waals surface area contributed by atoms with Crippen LogP contribution in [0.25, 0.3) is 0 Å². The number of carbonyl (C=O) groups excluding carboxylic acids is 2. The van der Waals surface area contributed by atoms with Crippen LogP contribution in [0.15, 0.2) is 11.6 Å². The zero-order valence-corrected chi connectivity index (χ0v) is 8.33. The van der Waals surface area contributed by atoms with Crippen LogP contribution >= 0.6 is 0 Å². The zero-order valence-electron chi connectivity index (χ0n) is 8.33. The van der Waals surface area contributed by atoms with Crippen molar-refractivity contribution in [3.05, 3.63) is 11.6 Å². The third kappa shape index (κ3) is 2.17. The molecule has 0 aliphatic carbocycles. The van der Waals surface area contributed by atoms with E-state index >= 15 is 0 Å². The smallest absolute Gasteiger partial charge is 0.256 e. The Bertz CT molecular complexity index is 266. The molecule has 3 nitrogen and oxygen atoms in total. The van der Waals surface area contributed by atoms with E-state index < -0.39 is 0 Å². The highest BCUT2D eigenvalue weighted by Crippen LogP contribution is 2.18. The minimum Gasteiger partial charge on any atom is -0.278 e. The average molecular weight is 181 g/mol. The second-order valence-electron chi connectivity index (χ2n) is 3.80. The lowest BCUT2D eigenvalue weighted by Crippen LogP contribution is -2.26. The van der Waals surface area contributed by atoms with Crippen molar-refractivity contribution in [3.8, 4) is 0 Å². The molecule has 0 bridgehead atoms. The molecule has 0 saturated heterocycles. The highest BCUT2D eigenvalue weighted by atomic mass is 16.2. The monoisotopic (exact) mass is 181 g/mol. The number of likely N-dealkylation sites (N-methyl/N-ethyl adjacent to an activating group) is 1. The van der Waals surface area contributed by atoms with Crippen LogP contribution in [0, 0.1) is 5.92 Å². The number of hydrogen-bond acceptors (Lipinski definition) is 2. The Morgan fingerprint density at radius 1 is 1.38 bits per heavy atom. The van der Waals surface area contributed by atoms with Crippen LogP contribution < -0.4 is 0 Å². The van der Waals surface area contributed by atoms with Gasteiger partial charge < -0.3 is 0 Å². The molecular formula is C10H15NO2. The van der Waals surface area contributed by atoms with E-state index in [0.29, 0.717) is 17.9 Å². The van der Waals surface area contributed by atoms with Crippen LogP contribution in [0.1, 0.15) is 26.7 Å². The zero-order chi connectivity index (χ0) is 10.0. The first-order chi connectivity index (χ1) is 6.02. The number of carbonyl (C=O) groups is 2. The van der Waals surface area contributed by atoms with Crippen molar-refractivity contribution in [1.82, 2.24) is 4.90 Å². The predicted molar refractivity (Wildman–Crippen MR) is 49.9 cm³/mol. The van der Waals surface area contributed by atoms with Gasteiger partial charge in [-0.2, -0.15) is 0 Å². The molecule has 0 fully saturated rings. The maximum atomic E-state index is 11.4. The summed E-state index contributed by atoms with van der Waals surface area (Å²) in [6.45, 7) is 4.21. The van der Waals surface area contributed by atoms with E-state index in [0.717, 1.165) is 11.3 Å². The summed E-state index contributed by atoms with van der Waals surface area (Å²) < 4.78 is 0. The molecule has 0 N–H and O–H groups in total. The summed E-state index contributed by atoms with van der Waals surface area (Å²) in [7, 11) is 1.52. The van der Waals surface area contributed by atoms with Gasteiger partial charge in [-0.05, 0) is 18.8 Å². The van der Waals surface area contributed by atoms with Crippen LogP contribution in [0.2, 0.25) is 0 Å². The van der Waals surface area contributed by atoms with Crippen molar-refractivity contribution in [2.45, 2.75) is 26.7 Å². The van der Waals surface area contributed by atoms with Gasteiger partial charge in [0.05, 0.1) is 0 Å². The Morgan fingerprint density at radius 3 is 2.38 bits per heavy atom. The largest absolute Gasteiger partial charge is 0.278 e. The van der Waals surface area contributed by atoms with Crippen molar-refractivity contribution in [3.63, 3.8) is 0 Å². The average Bonchev–Trinajstić information content (AvgIpc) is 2.29. The fourth-order valence-electron chi connectivity index (χ4n) is 1.25. The summed E-state index contributed by atoms with van der Waals surface area (Å²) >= 11 is 0. The maximum Gasteiger partial charge on any atom is 0.256 e. The van der Waals surface area contributed by atoms with Gasteiger partial charge in [-0.15, -0.1) is 0 Å². The maximum absolute atomic E-state index is 11.4. The topological polar surface area (TPSA) is 37.4 Å². The SMILES string of the molecule is CC(C)CCC1=CC(=O)N(C)C1=O. The molecule has 0 aromatic rings. The molecule has 0 unspecified atom stereocenters. The molecule has 2 amide bonds. The van der Waals surface area contributed by atoms with Crippen LogP contribution in [-0.2, 0) is 9.59 Å². The molecule has 1 rings (SSSR count). The lowest BCUT2D eigenvalue weighted by molar-refractivity contribution is -0.135. The first kappa shape index (κ1) is 9.96. The van der Waals surface area contributed by atoms with Crippen molar-refractivity contribution >= 4 is 11.8 Å². The molecule has 0 aromatic carbocycles. The lowest BCUT2D eigenvalue weighted by atomic mass is 10.0. The molecule has 0 saturated carbocycles. The Morgan fingerprint density at radius 2 is 2.00 bits per heavy atom. The fourth-order valence-corrected chi connectivity index (χ4v) is 1.25. The van der Waals surface area contributed by atoms with E-state index in [1.807, 2.05) is 0 Å². The fraction of sp³-hybridized carbons (Fsp3) is 0.600. The van der Waals surface area contributed by atoms with Gasteiger partial charge in [0.2, 0.25) is 0 Å². The van der Waals surface area contributed by atoms with Crippen molar-refractivity contribution < 1.29 is 9.59 Å². The summed E-state index contributed by atoms with van der Waals surface area (Å²) in [4.78, 5) is 23.6. The van der Waals surface area contributed by atoms with E-state index in [9.17, 15) is 9.59 Å². The van der Waals surface area contributed by atoms with Gasteiger partial charge in [0.25, 0.3) is 11.8 Å². The van der Waals surface area contributed by atoms with Crippen LogP contribution in [0.5, 0.6) is 0 Å². The molecule has 1 aliphatic rings. The first-order valence-corrected chi connectivity index (χ1v) is 4.55. The van der Waals surface area contributed by atoms with Gasteiger partial charge in [-0.25, -0.2) is 0 Å². The van der Waals surface area contributed by atoms with E-state index in [1.54, 1.807) is 0 Å². The molecule has 3 heteroatoms. The van der Waals surface area contributed by atoms with Crippen LogP contribution in [-0.4, -0.2) is 23.8 Å². The minimum atomic E-state index is -0.191. The third-order valence-corrected chi connectivity index (χ3v) is 2.20. The number of imide groups is 1. The summed E-state index contributed by atoms with van der Waals surface area (Å²) in [5, 5.41) is 0. The van der Waals surface area contributed by atoms with Gasteiger partial charge in [0.1, 0.15) is 0 Å². The van der Waals surface area contributed by atoms with Gasteiger partial charge in [0.15, 0.2) is 0 Å². The minimum absolute atomic E-state index is 0.134. The van der Waals surface area contributed by atoms with Crippen LogP contribution in [0.3, 0.4) is 0 Å². The number of amides is 2. The summed E-state index contributed by atoms with van der Waals surface area (Å²) in [6, 6.07) is 0. The highest BCUT2D eigenvalue weighted by Gasteiger charge is 2.26. The Kier molecular flexibility index (Phi) is 2.86. The number of hydrogen-bond donors (Lipinski definition) is 0. The Balaban J connectivity index is 2.57. The quantitative estimate of drug-likeness (QED) is 0.616. The molecule has 0 spiro atoms. The second-order valence-corrected chi connectivity index (χ2v) is 3.80. The molecule has 1 heterocycles. The lowest BCUT2D eigenvalue weighted by Gasteiger charge is -2.07. The second kappa shape index (κ2) is 3.73. The van der Waals surface area contributed by atoms with Crippen molar-refractivity contribution in [2.24, 2.45) is 5.92 Å². The summed E-state index contributed by atoms with van der Waals surface area (Å²) in [5.41, 5.74) is 0.654. The van der Waals surface area contributed by atoms with Gasteiger partial charge in [-0.1, -0.05) is 13.8 Å². The molecule has 1 aliphatic heterocycles. The number of nitrogens with zero attached hydrogens (tertiary/aromatic N) is 1. The van der Waals surface area contributed by atoms with E-state index in [1.165, 1.54) is 13.1 Å². The van der Waals surface area contributed by atoms with Crippen molar-refractivity contribution in [1.29, 1.82) is 0 Å². The first-order valence-electron chi connectivity index (χ1n) is 4.55. The molecule has 13 heavy (non-hydrogen) atoms. The Labute approximate surface area is 78.4 Å². The van der Waals surface area contributed by atoms with Crippen molar-refractivity contribution in [2.75, 3.05) is 7.05 Å². The Hall–Kier alpha value is -1.12. The molecule has 72 valence electrons. The predicted octanol–water partition coefficient (Wildman–Crippen LogP) is 1.35. The number of rotatable bonds is 3. The molecular weight excluding hydrogens is 166 g/mol. The van der Waals surface area contributed by atoms with Gasteiger partial charge in [-0.3, -0.25) is 14.5 Å². The normalized spacial score (nSPS) is 17.2. The van der Waals surface area contributed by atoms with Gasteiger partial charge >= 0.3 is 0 Å². The molecule has 0 aromatic heterocycles. The molecule has 0 radical (unpaired) electrons. The van der Waals surface area contributed by atoms with E-state index in [-0.39, 0.29) is 11.8 Å². The van der Waals surface area contributed by atoms with Gasteiger partial charge in [0, 0.05) is 18.7 Å². The highest BCUT2D eigenvalue weighted by molar-refractivity contribution is 6.15. The summed E-state index contributed by atoms with van der Waals surface area (Å²) in [5.74, 6) is 0.240. The summed E-state index contributed by atoms with van der Waals surface area (Å²) in [6.07, 6.45) is 3.12. The standard InChI is InChI=1S/C10H15NO2/c1-7(2)4-5-8-6-9(12)11(3)10(8)13/h6-7H,4-5H2,1-3H3.